The van der Waals surface area contributed by atoms with Crippen molar-refractivity contribution in [1.82, 2.24) is 10.6 Å². The second-order valence-corrected chi connectivity index (χ2v) is 4.09. The van der Waals surface area contributed by atoms with Crippen LogP contribution in [0.15, 0.2) is 0 Å². The van der Waals surface area contributed by atoms with Gasteiger partial charge >= 0.3 is 0 Å². The number of rotatable bonds is 4. The zero-order valence-corrected chi connectivity index (χ0v) is 9.02. The Morgan fingerprint density at radius 1 is 1.62 bits per heavy atom. The smallest absolute Gasteiger partial charge is 0.0814 e. The summed E-state index contributed by atoms with van der Waals surface area (Å²) in [5.74, 6) is 0.638. The van der Waals surface area contributed by atoms with E-state index in [0.717, 1.165) is 19.6 Å². The molecule has 1 aliphatic rings. The van der Waals surface area contributed by atoms with Gasteiger partial charge in [-0.2, -0.15) is 0 Å². The molecule has 0 aromatic heterocycles. The minimum Gasteiger partial charge on any atom is -0.377 e. The largest absolute Gasteiger partial charge is 0.377 e. The first-order valence-corrected chi connectivity index (χ1v) is 5.13. The molecule has 0 radical (unpaired) electrons. The number of nitrogens with one attached hydrogen (secondary N) is 2. The van der Waals surface area contributed by atoms with E-state index >= 15 is 0 Å². The fourth-order valence-electron chi connectivity index (χ4n) is 2.11. The van der Waals surface area contributed by atoms with E-state index in [9.17, 15) is 0 Å². The second-order valence-electron chi connectivity index (χ2n) is 4.09. The van der Waals surface area contributed by atoms with Gasteiger partial charge < -0.3 is 15.4 Å². The molecule has 0 aromatic carbocycles. The van der Waals surface area contributed by atoms with Crippen LogP contribution in [0, 0.1) is 5.92 Å². The van der Waals surface area contributed by atoms with Crippen molar-refractivity contribution in [2.75, 3.05) is 33.8 Å². The SMILES string of the molecule is CNCC(C)(OC)C1CCCNC1. The number of ether oxygens (including phenoxy) is 1. The van der Waals surface area contributed by atoms with Gasteiger partial charge in [-0.3, -0.25) is 0 Å². The highest BCUT2D eigenvalue weighted by Crippen LogP contribution is 2.26. The third-order valence-electron chi connectivity index (χ3n) is 3.15. The minimum absolute atomic E-state index is 0.0117. The summed E-state index contributed by atoms with van der Waals surface area (Å²) in [4.78, 5) is 0. The van der Waals surface area contributed by atoms with Gasteiger partial charge in [0.15, 0.2) is 0 Å². The quantitative estimate of drug-likeness (QED) is 0.675. The topological polar surface area (TPSA) is 33.3 Å². The van der Waals surface area contributed by atoms with Crippen molar-refractivity contribution >= 4 is 0 Å². The number of methoxy groups -OCH3 is 1. The van der Waals surface area contributed by atoms with Crippen molar-refractivity contribution in [3.63, 3.8) is 0 Å². The fourth-order valence-corrected chi connectivity index (χ4v) is 2.11. The summed E-state index contributed by atoms with van der Waals surface area (Å²) in [6.45, 7) is 5.37. The molecular formula is C10H22N2O. The van der Waals surface area contributed by atoms with Crippen LogP contribution in [0.25, 0.3) is 0 Å². The first-order valence-electron chi connectivity index (χ1n) is 5.13. The summed E-state index contributed by atoms with van der Waals surface area (Å²) in [6.07, 6.45) is 2.55. The lowest BCUT2D eigenvalue weighted by Crippen LogP contribution is -2.50. The Kier molecular flexibility index (Phi) is 4.16. The number of likely N-dealkylation sites (N-methyl/N-ethyl adjacent to an activating group) is 1. The molecule has 0 aliphatic carbocycles. The molecular weight excluding hydrogens is 164 g/mol. The summed E-state index contributed by atoms with van der Waals surface area (Å²) in [7, 11) is 3.79. The van der Waals surface area contributed by atoms with Crippen molar-refractivity contribution in [1.29, 1.82) is 0 Å². The second kappa shape index (κ2) is 4.94. The molecule has 1 rings (SSSR count). The molecule has 78 valence electrons. The molecule has 0 amide bonds. The Bertz CT molecular complexity index is 146. The predicted molar refractivity (Wildman–Crippen MR) is 54.9 cm³/mol. The van der Waals surface area contributed by atoms with Gasteiger partial charge in [0.25, 0.3) is 0 Å². The Morgan fingerprint density at radius 3 is 2.85 bits per heavy atom. The maximum Gasteiger partial charge on any atom is 0.0814 e. The Balaban J connectivity index is 2.51. The highest BCUT2D eigenvalue weighted by molar-refractivity contribution is 4.88. The highest BCUT2D eigenvalue weighted by Gasteiger charge is 2.34. The van der Waals surface area contributed by atoms with Crippen LogP contribution in [0.1, 0.15) is 19.8 Å². The van der Waals surface area contributed by atoms with Gasteiger partial charge in [-0.15, -0.1) is 0 Å². The summed E-state index contributed by atoms with van der Waals surface area (Å²) >= 11 is 0. The third kappa shape index (κ3) is 2.66. The number of piperidine rings is 1. The predicted octanol–water partition coefficient (Wildman–Crippen LogP) is 0.610. The van der Waals surface area contributed by atoms with Crippen LogP contribution in [-0.4, -0.2) is 39.4 Å². The minimum atomic E-state index is -0.0117. The molecule has 13 heavy (non-hydrogen) atoms. The van der Waals surface area contributed by atoms with E-state index in [2.05, 4.69) is 17.6 Å². The molecule has 2 atom stereocenters. The van der Waals surface area contributed by atoms with Crippen LogP contribution in [-0.2, 0) is 4.74 Å². The zero-order valence-electron chi connectivity index (χ0n) is 9.02. The van der Waals surface area contributed by atoms with Gasteiger partial charge in [-0.25, -0.2) is 0 Å². The number of hydrogen-bond donors (Lipinski definition) is 2. The van der Waals surface area contributed by atoms with Crippen LogP contribution in [0.3, 0.4) is 0 Å². The number of hydrogen-bond acceptors (Lipinski definition) is 3. The van der Waals surface area contributed by atoms with Crippen molar-refractivity contribution in [3.05, 3.63) is 0 Å². The van der Waals surface area contributed by atoms with Crippen LogP contribution in [0.4, 0.5) is 0 Å². The van der Waals surface area contributed by atoms with Crippen molar-refractivity contribution < 1.29 is 4.74 Å². The average molecular weight is 186 g/mol. The molecule has 3 nitrogen and oxygen atoms in total. The van der Waals surface area contributed by atoms with E-state index in [1.54, 1.807) is 0 Å². The van der Waals surface area contributed by atoms with Crippen molar-refractivity contribution in [3.8, 4) is 0 Å². The van der Waals surface area contributed by atoms with Crippen molar-refractivity contribution in [2.24, 2.45) is 5.92 Å². The molecule has 3 heteroatoms. The lowest BCUT2D eigenvalue weighted by Gasteiger charge is -2.39. The average Bonchev–Trinajstić information content (AvgIpc) is 2.19. The Labute approximate surface area is 81.2 Å². The van der Waals surface area contributed by atoms with Crippen LogP contribution < -0.4 is 10.6 Å². The van der Waals surface area contributed by atoms with Gasteiger partial charge in [0.05, 0.1) is 5.60 Å². The first kappa shape index (κ1) is 11.0. The lowest BCUT2D eigenvalue weighted by atomic mass is 9.83. The summed E-state index contributed by atoms with van der Waals surface area (Å²) in [5, 5.41) is 6.63. The van der Waals surface area contributed by atoms with E-state index in [1.807, 2.05) is 14.2 Å². The first-order chi connectivity index (χ1) is 6.23. The van der Waals surface area contributed by atoms with Gasteiger partial charge in [-0.1, -0.05) is 0 Å². The standard InChI is InChI=1S/C10H22N2O/c1-10(13-3,8-11-2)9-5-4-6-12-7-9/h9,11-12H,4-8H2,1-3H3. The van der Waals surface area contributed by atoms with Crippen LogP contribution in [0.5, 0.6) is 0 Å². The molecule has 0 saturated carbocycles. The van der Waals surface area contributed by atoms with E-state index in [-0.39, 0.29) is 5.60 Å². The normalized spacial score (nSPS) is 28.4. The third-order valence-corrected chi connectivity index (χ3v) is 3.15. The molecule has 0 aromatic rings. The van der Waals surface area contributed by atoms with E-state index in [1.165, 1.54) is 12.8 Å². The summed E-state index contributed by atoms with van der Waals surface area (Å²) < 4.78 is 5.62. The Morgan fingerprint density at radius 2 is 2.38 bits per heavy atom. The highest BCUT2D eigenvalue weighted by atomic mass is 16.5. The van der Waals surface area contributed by atoms with Crippen molar-refractivity contribution in [2.45, 2.75) is 25.4 Å². The molecule has 1 saturated heterocycles. The lowest BCUT2D eigenvalue weighted by molar-refractivity contribution is -0.0476. The molecule has 1 fully saturated rings. The maximum absolute atomic E-state index is 5.62. The van der Waals surface area contributed by atoms with Gasteiger partial charge in [0.1, 0.15) is 0 Å². The van der Waals surface area contributed by atoms with E-state index < -0.39 is 0 Å². The molecule has 0 spiro atoms. The Hall–Kier alpha value is -0.120. The monoisotopic (exact) mass is 186 g/mol. The molecule has 2 unspecified atom stereocenters. The molecule has 0 bridgehead atoms. The van der Waals surface area contributed by atoms with Gasteiger partial charge in [0, 0.05) is 26.1 Å². The maximum atomic E-state index is 5.62. The molecule has 1 heterocycles. The zero-order chi connectivity index (χ0) is 9.73. The van der Waals surface area contributed by atoms with Gasteiger partial charge in [-0.05, 0) is 33.4 Å². The summed E-state index contributed by atoms with van der Waals surface area (Å²) in [5.41, 5.74) is -0.0117. The van der Waals surface area contributed by atoms with Crippen LogP contribution in [0.2, 0.25) is 0 Å². The van der Waals surface area contributed by atoms with Gasteiger partial charge in [0.2, 0.25) is 0 Å². The van der Waals surface area contributed by atoms with E-state index in [4.69, 9.17) is 4.74 Å². The molecule has 2 N–H and O–H groups in total. The van der Waals surface area contributed by atoms with E-state index in [0.29, 0.717) is 5.92 Å². The molecule has 1 aliphatic heterocycles. The summed E-state index contributed by atoms with van der Waals surface area (Å²) in [6, 6.07) is 0. The van der Waals surface area contributed by atoms with Crippen LogP contribution >= 0.6 is 0 Å². The fraction of sp³-hybridized carbons (Fsp3) is 1.00.